The number of hydrogen-bond acceptors (Lipinski definition) is 3. The van der Waals surface area contributed by atoms with Crippen molar-refractivity contribution in [3.05, 3.63) is 24.0 Å². The lowest BCUT2D eigenvalue weighted by atomic mass is 9.82. The summed E-state index contributed by atoms with van der Waals surface area (Å²) in [6, 6.07) is 1.78. The highest BCUT2D eigenvalue weighted by atomic mass is 16.3. The van der Waals surface area contributed by atoms with Gasteiger partial charge in [-0.25, -0.2) is 0 Å². The van der Waals surface area contributed by atoms with E-state index in [1.807, 2.05) is 0 Å². The normalized spacial score (nSPS) is 24.3. The number of carbonyl (C=O) groups is 1. The third-order valence-corrected chi connectivity index (χ3v) is 2.75. The van der Waals surface area contributed by atoms with Crippen molar-refractivity contribution in [3.8, 4) is 5.75 Å². The Morgan fingerprint density at radius 3 is 2.93 bits per heavy atom. The Hall–Kier alpha value is -1.58. The van der Waals surface area contributed by atoms with Gasteiger partial charge in [0.25, 0.3) is 5.91 Å². The van der Waals surface area contributed by atoms with Crippen molar-refractivity contribution in [1.29, 1.82) is 0 Å². The minimum atomic E-state index is -0.216. The Labute approximate surface area is 88.3 Å². The van der Waals surface area contributed by atoms with E-state index < -0.39 is 0 Å². The number of hydrogen-bond donors (Lipinski definition) is 2. The molecule has 1 aromatic heterocycles. The molecule has 0 aliphatic heterocycles. The largest absolute Gasteiger partial charge is 0.505 e. The lowest BCUT2D eigenvalue weighted by Gasteiger charge is -2.33. The van der Waals surface area contributed by atoms with Crippen LogP contribution in [0, 0.1) is 5.92 Å². The summed E-state index contributed by atoms with van der Waals surface area (Å²) in [7, 11) is 0. The van der Waals surface area contributed by atoms with Gasteiger partial charge in [-0.05, 0) is 24.8 Å². The monoisotopic (exact) mass is 206 g/mol. The molecule has 15 heavy (non-hydrogen) atoms. The van der Waals surface area contributed by atoms with Gasteiger partial charge in [0.15, 0.2) is 0 Å². The van der Waals surface area contributed by atoms with Crippen molar-refractivity contribution in [2.24, 2.45) is 5.92 Å². The van der Waals surface area contributed by atoms with Crippen molar-refractivity contribution in [3.63, 3.8) is 0 Å². The number of amides is 1. The van der Waals surface area contributed by atoms with Gasteiger partial charge in [0.1, 0.15) is 5.75 Å². The van der Waals surface area contributed by atoms with Crippen molar-refractivity contribution < 1.29 is 9.90 Å². The molecule has 1 heterocycles. The van der Waals surface area contributed by atoms with Gasteiger partial charge < -0.3 is 10.4 Å². The van der Waals surface area contributed by atoms with E-state index in [-0.39, 0.29) is 17.7 Å². The molecule has 2 rings (SSSR count). The van der Waals surface area contributed by atoms with E-state index in [9.17, 15) is 9.90 Å². The van der Waals surface area contributed by atoms with Gasteiger partial charge in [-0.1, -0.05) is 6.92 Å². The summed E-state index contributed by atoms with van der Waals surface area (Å²) >= 11 is 0. The lowest BCUT2D eigenvalue weighted by Crippen LogP contribution is -2.43. The van der Waals surface area contributed by atoms with Crippen LogP contribution in [0.25, 0.3) is 0 Å². The minimum Gasteiger partial charge on any atom is -0.505 e. The molecular weight excluding hydrogens is 192 g/mol. The zero-order chi connectivity index (χ0) is 10.8. The summed E-state index contributed by atoms with van der Waals surface area (Å²) in [5.74, 6) is 0.413. The Balaban J connectivity index is 1.99. The van der Waals surface area contributed by atoms with Crippen molar-refractivity contribution >= 4 is 5.91 Å². The first kappa shape index (κ1) is 9.96. The fourth-order valence-electron chi connectivity index (χ4n) is 1.86. The molecule has 2 N–H and O–H groups in total. The van der Waals surface area contributed by atoms with E-state index in [0.29, 0.717) is 11.5 Å². The quantitative estimate of drug-likeness (QED) is 0.767. The molecule has 0 spiro atoms. The molecule has 1 aliphatic rings. The van der Waals surface area contributed by atoms with E-state index in [1.54, 1.807) is 0 Å². The predicted octanol–water partition coefficient (Wildman–Crippen LogP) is 1.32. The molecule has 4 nitrogen and oxygen atoms in total. The van der Waals surface area contributed by atoms with E-state index in [1.165, 1.54) is 18.5 Å². The van der Waals surface area contributed by atoms with Crippen LogP contribution in [0.4, 0.5) is 0 Å². The Kier molecular flexibility index (Phi) is 2.58. The first-order chi connectivity index (χ1) is 7.16. The molecule has 1 saturated carbocycles. The lowest BCUT2D eigenvalue weighted by molar-refractivity contribution is 0.0893. The van der Waals surface area contributed by atoms with Crippen LogP contribution in [-0.2, 0) is 0 Å². The van der Waals surface area contributed by atoms with Crippen LogP contribution in [0.3, 0.4) is 0 Å². The smallest absolute Gasteiger partial charge is 0.255 e. The van der Waals surface area contributed by atoms with Crippen LogP contribution < -0.4 is 5.32 Å². The summed E-state index contributed by atoms with van der Waals surface area (Å²) in [5.41, 5.74) is 0.296. The molecule has 4 heteroatoms. The molecule has 0 saturated heterocycles. The van der Waals surface area contributed by atoms with Crippen LogP contribution in [0.2, 0.25) is 0 Å². The highest BCUT2D eigenvalue weighted by Crippen LogP contribution is 2.27. The summed E-state index contributed by atoms with van der Waals surface area (Å²) in [4.78, 5) is 15.4. The van der Waals surface area contributed by atoms with Crippen LogP contribution in [0.1, 0.15) is 30.1 Å². The molecule has 1 aliphatic carbocycles. The summed E-state index contributed by atoms with van der Waals surface area (Å²) in [6.45, 7) is 2.16. The second-order valence-electron chi connectivity index (χ2n) is 4.14. The van der Waals surface area contributed by atoms with E-state index >= 15 is 0 Å². The van der Waals surface area contributed by atoms with Crippen LogP contribution in [0.5, 0.6) is 5.75 Å². The maximum Gasteiger partial charge on any atom is 0.255 e. The molecule has 80 valence electrons. The van der Waals surface area contributed by atoms with E-state index in [4.69, 9.17) is 0 Å². The molecule has 0 aromatic carbocycles. The topological polar surface area (TPSA) is 62.2 Å². The Bertz CT molecular complexity index is 373. The summed E-state index contributed by atoms with van der Waals surface area (Å²) in [6.07, 6.45) is 4.82. The Morgan fingerprint density at radius 1 is 1.60 bits per heavy atom. The first-order valence-electron chi connectivity index (χ1n) is 5.10. The maximum atomic E-state index is 11.7. The molecule has 1 aromatic rings. The van der Waals surface area contributed by atoms with E-state index in [0.717, 1.165) is 12.8 Å². The molecule has 0 atom stereocenters. The summed E-state index contributed by atoms with van der Waals surface area (Å²) in [5, 5.41) is 12.3. The Morgan fingerprint density at radius 2 is 2.33 bits per heavy atom. The fraction of sp³-hybridized carbons (Fsp3) is 0.455. The van der Waals surface area contributed by atoms with Gasteiger partial charge in [-0.2, -0.15) is 0 Å². The number of aromatic nitrogens is 1. The predicted molar refractivity (Wildman–Crippen MR) is 55.6 cm³/mol. The minimum absolute atomic E-state index is 0.0672. The fourth-order valence-corrected chi connectivity index (χ4v) is 1.86. The zero-order valence-corrected chi connectivity index (χ0v) is 8.60. The van der Waals surface area contributed by atoms with E-state index in [2.05, 4.69) is 17.2 Å². The third-order valence-electron chi connectivity index (χ3n) is 2.75. The van der Waals surface area contributed by atoms with Crippen molar-refractivity contribution in [1.82, 2.24) is 10.3 Å². The SMILES string of the molecule is CC1CC(NC(=O)c2ccncc2O)C1. The number of rotatable bonds is 2. The molecular formula is C11H14N2O2. The van der Waals surface area contributed by atoms with Crippen molar-refractivity contribution in [2.75, 3.05) is 0 Å². The van der Waals surface area contributed by atoms with Gasteiger partial charge >= 0.3 is 0 Å². The van der Waals surface area contributed by atoms with Gasteiger partial charge in [0, 0.05) is 12.2 Å². The first-order valence-corrected chi connectivity index (χ1v) is 5.10. The highest BCUT2D eigenvalue weighted by molar-refractivity contribution is 5.96. The number of pyridine rings is 1. The maximum absolute atomic E-state index is 11.7. The molecule has 1 amide bonds. The average molecular weight is 206 g/mol. The molecule has 0 bridgehead atoms. The second-order valence-corrected chi connectivity index (χ2v) is 4.14. The zero-order valence-electron chi connectivity index (χ0n) is 8.60. The van der Waals surface area contributed by atoms with Crippen molar-refractivity contribution in [2.45, 2.75) is 25.8 Å². The van der Waals surface area contributed by atoms with Gasteiger partial charge in [0.2, 0.25) is 0 Å². The third kappa shape index (κ3) is 2.09. The van der Waals surface area contributed by atoms with Gasteiger partial charge in [-0.15, -0.1) is 0 Å². The molecule has 1 fully saturated rings. The van der Waals surface area contributed by atoms with Crippen LogP contribution >= 0.6 is 0 Å². The van der Waals surface area contributed by atoms with Crippen LogP contribution in [-0.4, -0.2) is 22.0 Å². The van der Waals surface area contributed by atoms with Crippen LogP contribution in [0.15, 0.2) is 18.5 Å². The molecule has 0 radical (unpaired) electrons. The number of carbonyl (C=O) groups excluding carboxylic acids is 1. The number of nitrogens with zero attached hydrogens (tertiary/aromatic N) is 1. The number of nitrogens with one attached hydrogen (secondary N) is 1. The highest BCUT2D eigenvalue weighted by Gasteiger charge is 2.27. The second kappa shape index (κ2) is 3.88. The average Bonchev–Trinajstić information content (AvgIpc) is 2.16. The molecule has 0 unspecified atom stereocenters. The van der Waals surface area contributed by atoms with Gasteiger partial charge in [0.05, 0.1) is 11.8 Å². The number of aromatic hydroxyl groups is 1. The summed E-state index contributed by atoms with van der Waals surface area (Å²) < 4.78 is 0. The van der Waals surface area contributed by atoms with Gasteiger partial charge in [-0.3, -0.25) is 9.78 Å². The standard InChI is InChI=1S/C11H14N2O2/c1-7-4-8(5-7)13-11(15)9-2-3-12-6-10(9)14/h2-3,6-8,14H,4-5H2,1H3,(H,13,15).